The lowest BCUT2D eigenvalue weighted by Crippen LogP contribution is -2.42. The molecule has 4 nitrogen and oxygen atoms in total. The highest BCUT2D eigenvalue weighted by molar-refractivity contribution is 7.07. The van der Waals surface area contributed by atoms with Crippen LogP contribution in [0.1, 0.15) is 22.5 Å². The van der Waals surface area contributed by atoms with E-state index in [0.29, 0.717) is 18.8 Å². The second-order valence-electron chi connectivity index (χ2n) is 5.13. The van der Waals surface area contributed by atoms with Gasteiger partial charge < -0.3 is 9.64 Å². The Labute approximate surface area is 128 Å². The van der Waals surface area contributed by atoms with Gasteiger partial charge in [-0.3, -0.25) is 4.79 Å². The summed E-state index contributed by atoms with van der Waals surface area (Å²) in [5.74, 6) is 0.0164. The van der Waals surface area contributed by atoms with Crippen molar-refractivity contribution in [3.63, 3.8) is 0 Å². The zero-order chi connectivity index (χ0) is 14.5. The van der Waals surface area contributed by atoms with E-state index in [-0.39, 0.29) is 11.9 Å². The highest BCUT2D eigenvalue weighted by atomic mass is 32.1. The maximum Gasteiger partial charge on any atom is 0.273 e. The fourth-order valence-corrected chi connectivity index (χ4v) is 3.10. The molecule has 2 heterocycles. The molecule has 3 rings (SSSR count). The Morgan fingerprint density at radius 2 is 2.24 bits per heavy atom. The summed E-state index contributed by atoms with van der Waals surface area (Å²) in [6.45, 7) is 2.07. The van der Waals surface area contributed by atoms with Crippen molar-refractivity contribution in [1.29, 1.82) is 0 Å². The monoisotopic (exact) mass is 302 g/mol. The van der Waals surface area contributed by atoms with Gasteiger partial charge in [0.05, 0.1) is 18.2 Å². The number of thiazole rings is 1. The lowest BCUT2D eigenvalue weighted by molar-refractivity contribution is 0.0651. The molecule has 0 radical (unpaired) electrons. The number of carbonyl (C=O) groups excluding carboxylic acids is 1. The smallest absolute Gasteiger partial charge is 0.273 e. The van der Waals surface area contributed by atoms with Gasteiger partial charge in [-0.2, -0.15) is 0 Å². The molecule has 0 saturated carbocycles. The van der Waals surface area contributed by atoms with Gasteiger partial charge in [0.15, 0.2) is 0 Å². The molecule has 1 atom stereocenters. The summed E-state index contributed by atoms with van der Waals surface area (Å²) in [4.78, 5) is 18.7. The van der Waals surface area contributed by atoms with Gasteiger partial charge in [-0.1, -0.05) is 30.3 Å². The van der Waals surface area contributed by atoms with E-state index in [1.54, 1.807) is 5.51 Å². The number of carbonyl (C=O) groups is 1. The second kappa shape index (κ2) is 6.83. The van der Waals surface area contributed by atoms with E-state index in [2.05, 4.69) is 17.1 Å². The van der Waals surface area contributed by atoms with Crippen LogP contribution in [-0.2, 0) is 11.2 Å². The third kappa shape index (κ3) is 3.49. The number of amides is 1. The van der Waals surface area contributed by atoms with Gasteiger partial charge >= 0.3 is 0 Å². The van der Waals surface area contributed by atoms with Crippen LogP contribution in [0.5, 0.6) is 0 Å². The van der Waals surface area contributed by atoms with Crippen molar-refractivity contribution in [2.24, 2.45) is 0 Å². The van der Waals surface area contributed by atoms with Crippen LogP contribution in [0.3, 0.4) is 0 Å². The molecule has 1 saturated heterocycles. The summed E-state index contributed by atoms with van der Waals surface area (Å²) in [7, 11) is 0. The Hall–Kier alpha value is -1.72. The van der Waals surface area contributed by atoms with Gasteiger partial charge in [-0.05, 0) is 18.4 Å². The summed E-state index contributed by atoms with van der Waals surface area (Å²) in [6.07, 6.45) is 1.76. The molecular weight excluding hydrogens is 284 g/mol. The van der Waals surface area contributed by atoms with Gasteiger partial charge in [-0.15, -0.1) is 11.3 Å². The van der Waals surface area contributed by atoms with Gasteiger partial charge in [0.1, 0.15) is 5.69 Å². The maximum absolute atomic E-state index is 12.6. The summed E-state index contributed by atoms with van der Waals surface area (Å²) in [6, 6.07) is 10.4. The Kier molecular flexibility index (Phi) is 4.62. The van der Waals surface area contributed by atoms with E-state index in [1.807, 2.05) is 28.5 Å². The molecular formula is C16H18N2O2S. The molecule has 1 aliphatic rings. The van der Waals surface area contributed by atoms with Gasteiger partial charge in [0.2, 0.25) is 0 Å². The summed E-state index contributed by atoms with van der Waals surface area (Å²) in [5.41, 5.74) is 3.49. The van der Waals surface area contributed by atoms with Crippen molar-refractivity contribution in [2.75, 3.05) is 19.8 Å². The molecule has 0 bridgehead atoms. The minimum atomic E-state index is 0.0164. The van der Waals surface area contributed by atoms with E-state index >= 15 is 0 Å². The number of aromatic nitrogens is 1. The average molecular weight is 302 g/mol. The molecule has 1 fully saturated rings. The normalized spacial score (nSPS) is 17.8. The van der Waals surface area contributed by atoms with E-state index in [4.69, 9.17) is 4.74 Å². The molecule has 5 heteroatoms. The van der Waals surface area contributed by atoms with Crippen molar-refractivity contribution < 1.29 is 9.53 Å². The number of hydrogen-bond donors (Lipinski definition) is 0. The third-order valence-corrected chi connectivity index (χ3v) is 4.33. The third-order valence-electron chi connectivity index (χ3n) is 3.74. The quantitative estimate of drug-likeness (QED) is 0.852. The second-order valence-corrected chi connectivity index (χ2v) is 5.84. The summed E-state index contributed by atoms with van der Waals surface area (Å²) < 4.78 is 5.45. The standard InChI is InChI=1S/C16H18N2O2S/c19-16(15-11-21-12-17-15)18(14-7-9-20-10-14)8-6-13-4-2-1-3-5-13/h1-5,11-12,14H,6-10H2/t14-/m1/s1. The predicted molar refractivity (Wildman–Crippen MR) is 82.5 cm³/mol. The van der Waals surface area contributed by atoms with Crippen LogP contribution >= 0.6 is 11.3 Å². The molecule has 21 heavy (non-hydrogen) atoms. The SMILES string of the molecule is O=C(c1cscn1)N(CCc1ccccc1)[C@@H]1CCOC1. The van der Waals surface area contributed by atoms with Crippen LogP contribution in [0.15, 0.2) is 41.2 Å². The largest absolute Gasteiger partial charge is 0.379 e. The molecule has 1 aliphatic heterocycles. The zero-order valence-corrected chi connectivity index (χ0v) is 12.6. The molecule has 110 valence electrons. The molecule has 0 N–H and O–H groups in total. The van der Waals surface area contributed by atoms with Crippen molar-refractivity contribution in [2.45, 2.75) is 18.9 Å². The Morgan fingerprint density at radius 1 is 1.38 bits per heavy atom. The Balaban J connectivity index is 1.71. The summed E-state index contributed by atoms with van der Waals surface area (Å²) >= 11 is 1.45. The van der Waals surface area contributed by atoms with E-state index in [1.165, 1.54) is 16.9 Å². The maximum atomic E-state index is 12.6. The number of rotatable bonds is 5. The molecule has 1 aromatic carbocycles. The molecule has 1 amide bonds. The van der Waals surface area contributed by atoms with Crippen LogP contribution in [0.25, 0.3) is 0 Å². The van der Waals surface area contributed by atoms with Crippen LogP contribution in [0, 0.1) is 0 Å². The minimum Gasteiger partial charge on any atom is -0.379 e. The topological polar surface area (TPSA) is 42.4 Å². The van der Waals surface area contributed by atoms with Crippen molar-refractivity contribution in [3.8, 4) is 0 Å². The van der Waals surface area contributed by atoms with E-state index < -0.39 is 0 Å². The number of benzene rings is 1. The predicted octanol–water partition coefficient (Wildman–Crippen LogP) is 2.62. The molecule has 0 spiro atoms. The van der Waals surface area contributed by atoms with E-state index in [0.717, 1.165) is 19.4 Å². The fraction of sp³-hybridized carbons (Fsp3) is 0.375. The van der Waals surface area contributed by atoms with Crippen LogP contribution in [-0.4, -0.2) is 41.6 Å². The average Bonchev–Trinajstić information content (AvgIpc) is 3.22. The van der Waals surface area contributed by atoms with Gasteiger partial charge in [0, 0.05) is 18.5 Å². The highest BCUT2D eigenvalue weighted by Crippen LogP contribution is 2.17. The van der Waals surface area contributed by atoms with E-state index in [9.17, 15) is 4.79 Å². The van der Waals surface area contributed by atoms with Crippen LogP contribution < -0.4 is 0 Å². The first kappa shape index (κ1) is 14.2. The number of nitrogens with zero attached hydrogens (tertiary/aromatic N) is 2. The fourth-order valence-electron chi connectivity index (χ4n) is 2.58. The highest BCUT2D eigenvalue weighted by Gasteiger charge is 2.28. The first-order valence-corrected chi connectivity index (χ1v) is 8.09. The lowest BCUT2D eigenvalue weighted by Gasteiger charge is -2.27. The van der Waals surface area contributed by atoms with Crippen molar-refractivity contribution in [3.05, 3.63) is 52.5 Å². The summed E-state index contributed by atoms with van der Waals surface area (Å²) in [5, 5.41) is 1.81. The number of ether oxygens (including phenoxy) is 1. The van der Waals surface area contributed by atoms with Gasteiger partial charge in [0.25, 0.3) is 5.91 Å². The lowest BCUT2D eigenvalue weighted by atomic mass is 10.1. The van der Waals surface area contributed by atoms with Crippen molar-refractivity contribution in [1.82, 2.24) is 9.88 Å². The van der Waals surface area contributed by atoms with Gasteiger partial charge in [-0.25, -0.2) is 4.98 Å². The Bertz CT molecular complexity index is 565. The Morgan fingerprint density at radius 3 is 2.90 bits per heavy atom. The van der Waals surface area contributed by atoms with Crippen LogP contribution in [0.4, 0.5) is 0 Å². The molecule has 0 unspecified atom stereocenters. The van der Waals surface area contributed by atoms with Crippen LogP contribution in [0.2, 0.25) is 0 Å². The first-order chi connectivity index (χ1) is 10.3. The molecule has 0 aliphatic carbocycles. The molecule has 1 aromatic heterocycles. The first-order valence-electron chi connectivity index (χ1n) is 7.15. The zero-order valence-electron chi connectivity index (χ0n) is 11.8. The molecule has 2 aromatic rings. The number of hydrogen-bond acceptors (Lipinski definition) is 4. The minimum absolute atomic E-state index is 0.0164. The van der Waals surface area contributed by atoms with Crippen molar-refractivity contribution >= 4 is 17.2 Å².